The zero-order valence-corrected chi connectivity index (χ0v) is 22.9. The maximum absolute atomic E-state index is 12.6. The van der Waals surface area contributed by atoms with Crippen LogP contribution in [0.2, 0.25) is 0 Å². The van der Waals surface area contributed by atoms with E-state index in [0.717, 1.165) is 22.1 Å². The number of alkyl carbamates (subject to hydrolysis) is 1. The summed E-state index contributed by atoms with van der Waals surface area (Å²) >= 11 is 0. The molecule has 1 aromatic carbocycles. The quantitative estimate of drug-likeness (QED) is 0.373. The van der Waals surface area contributed by atoms with E-state index in [0.29, 0.717) is 16.9 Å². The molecule has 202 valence electrons. The first-order chi connectivity index (χ1) is 17.7. The number of hydrogen-bond acceptors (Lipinski definition) is 7. The number of fused-ring (bicyclic) bond motifs is 1. The molecule has 3 N–H and O–H groups in total. The Bertz CT molecular complexity index is 1340. The van der Waals surface area contributed by atoms with Gasteiger partial charge in [-0.1, -0.05) is 0 Å². The number of nitrogens with one attached hydrogen (secondary N) is 3. The predicted molar refractivity (Wildman–Crippen MR) is 147 cm³/mol. The Labute approximate surface area is 222 Å². The van der Waals surface area contributed by atoms with Crippen molar-refractivity contribution in [3.05, 3.63) is 48.4 Å². The topological polar surface area (TPSA) is 132 Å². The Morgan fingerprint density at radius 3 is 2.24 bits per heavy atom. The number of rotatable bonds is 6. The van der Waals surface area contributed by atoms with E-state index in [-0.39, 0.29) is 18.9 Å². The average Bonchev–Trinajstić information content (AvgIpc) is 2.76. The second-order valence-electron chi connectivity index (χ2n) is 10.9. The highest BCUT2D eigenvalue weighted by molar-refractivity contribution is 6.04. The van der Waals surface area contributed by atoms with Gasteiger partial charge in [0.15, 0.2) is 0 Å². The summed E-state index contributed by atoms with van der Waals surface area (Å²) in [7, 11) is 0. The van der Waals surface area contributed by atoms with E-state index in [1.807, 2.05) is 25.1 Å². The number of nitrogens with zero attached hydrogens (tertiary/aromatic N) is 2. The third kappa shape index (κ3) is 8.43. The van der Waals surface area contributed by atoms with Crippen molar-refractivity contribution < 1.29 is 23.9 Å². The van der Waals surface area contributed by atoms with Crippen molar-refractivity contribution >= 4 is 40.4 Å². The first-order valence-corrected chi connectivity index (χ1v) is 12.3. The third-order valence-corrected chi connectivity index (χ3v) is 5.11. The Morgan fingerprint density at radius 1 is 0.895 bits per heavy atom. The molecule has 38 heavy (non-hydrogen) atoms. The predicted octanol–water partition coefficient (Wildman–Crippen LogP) is 5.81. The minimum atomic E-state index is -0.661. The Balaban J connectivity index is 1.84. The van der Waals surface area contributed by atoms with Crippen LogP contribution in [0.4, 0.5) is 21.1 Å². The zero-order valence-electron chi connectivity index (χ0n) is 22.9. The van der Waals surface area contributed by atoms with Crippen LogP contribution in [0.25, 0.3) is 21.9 Å². The van der Waals surface area contributed by atoms with Gasteiger partial charge >= 0.3 is 12.2 Å². The van der Waals surface area contributed by atoms with Gasteiger partial charge in [-0.25, -0.2) is 14.6 Å². The number of hydrogen-bond donors (Lipinski definition) is 3. The fourth-order valence-corrected chi connectivity index (χ4v) is 3.56. The van der Waals surface area contributed by atoms with Crippen LogP contribution >= 0.6 is 0 Å². The molecule has 0 radical (unpaired) electrons. The minimum absolute atomic E-state index is 0.0410. The van der Waals surface area contributed by atoms with Crippen molar-refractivity contribution in [3.63, 3.8) is 0 Å². The number of anilines is 2. The van der Waals surface area contributed by atoms with Crippen LogP contribution in [0.15, 0.2) is 42.9 Å². The summed E-state index contributed by atoms with van der Waals surface area (Å²) in [4.78, 5) is 45.4. The van der Waals surface area contributed by atoms with Crippen LogP contribution in [-0.2, 0) is 14.3 Å². The van der Waals surface area contributed by atoms with Gasteiger partial charge in [0.05, 0.1) is 5.69 Å². The number of aryl methyl sites for hydroxylation is 1. The summed E-state index contributed by atoms with van der Waals surface area (Å²) in [5, 5.41) is 9.55. The van der Waals surface area contributed by atoms with E-state index in [9.17, 15) is 14.4 Å². The summed E-state index contributed by atoms with van der Waals surface area (Å²) in [5.74, 6) is 0.0160. The van der Waals surface area contributed by atoms with E-state index in [1.165, 1.54) is 0 Å². The summed E-state index contributed by atoms with van der Waals surface area (Å²) in [6.45, 7) is 12.8. The zero-order chi connectivity index (χ0) is 28.1. The molecule has 0 spiro atoms. The lowest BCUT2D eigenvalue weighted by atomic mass is 9.99. The number of ether oxygens (including phenoxy) is 2. The van der Waals surface area contributed by atoms with Gasteiger partial charge in [0.1, 0.15) is 17.0 Å². The first kappa shape index (κ1) is 28.4. The van der Waals surface area contributed by atoms with E-state index < -0.39 is 23.4 Å². The van der Waals surface area contributed by atoms with Crippen molar-refractivity contribution in [2.75, 3.05) is 17.2 Å². The maximum atomic E-state index is 12.6. The fraction of sp³-hybridized carbons (Fsp3) is 0.393. The normalized spacial score (nSPS) is 11.6. The number of pyridine rings is 2. The van der Waals surface area contributed by atoms with Crippen LogP contribution in [0, 0.1) is 6.92 Å². The molecule has 3 amide bonds. The molecule has 0 fully saturated rings. The number of carbonyl (C=O) groups excluding carboxylic acids is 3. The maximum Gasteiger partial charge on any atom is 0.412 e. The van der Waals surface area contributed by atoms with Gasteiger partial charge in [0, 0.05) is 42.5 Å². The second-order valence-corrected chi connectivity index (χ2v) is 10.9. The summed E-state index contributed by atoms with van der Waals surface area (Å²) in [5.41, 5.74) is 1.98. The molecule has 0 saturated carbocycles. The second kappa shape index (κ2) is 11.5. The molecule has 0 bridgehead atoms. The molecule has 3 aromatic rings. The third-order valence-electron chi connectivity index (χ3n) is 5.11. The molecule has 0 aliphatic carbocycles. The van der Waals surface area contributed by atoms with Crippen LogP contribution < -0.4 is 16.0 Å². The molecule has 2 heterocycles. The van der Waals surface area contributed by atoms with Gasteiger partial charge in [-0.2, -0.15) is 0 Å². The summed E-state index contributed by atoms with van der Waals surface area (Å²) < 4.78 is 10.6. The molecule has 0 saturated heterocycles. The Kier molecular flexibility index (Phi) is 8.55. The molecule has 10 heteroatoms. The van der Waals surface area contributed by atoms with Gasteiger partial charge < -0.3 is 20.1 Å². The van der Waals surface area contributed by atoms with Gasteiger partial charge in [-0.15, -0.1) is 0 Å². The van der Waals surface area contributed by atoms with E-state index in [1.54, 1.807) is 66.2 Å². The minimum Gasteiger partial charge on any atom is -0.444 e. The number of amides is 3. The lowest BCUT2D eigenvalue weighted by molar-refractivity contribution is -0.116. The lowest BCUT2D eigenvalue weighted by Crippen LogP contribution is -2.34. The Hall–Kier alpha value is -4.21. The molecule has 0 unspecified atom stereocenters. The molecule has 10 nitrogen and oxygen atoms in total. The van der Waals surface area contributed by atoms with Gasteiger partial charge in [0.25, 0.3) is 0 Å². The highest BCUT2D eigenvalue weighted by atomic mass is 16.6. The largest absolute Gasteiger partial charge is 0.444 e. The molecule has 2 aromatic heterocycles. The monoisotopic (exact) mass is 521 g/mol. The smallest absolute Gasteiger partial charge is 0.412 e. The van der Waals surface area contributed by atoms with Crippen LogP contribution in [-0.4, -0.2) is 45.8 Å². The van der Waals surface area contributed by atoms with Crippen molar-refractivity contribution in [2.24, 2.45) is 0 Å². The summed E-state index contributed by atoms with van der Waals surface area (Å²) in [6.07, 6.45) is 3.92. The molecule has 0 aliphatic rings. The molecule has 0 aliphatic heterocycles. The SMILES string of the molecule is Cc1ccncc1-c1cc(NC(=O)OC(C)(C)C)c2cnc(NC(=O)CCNC(=O)OC(C)(C)C)cc2c1. The lowest BCUT2D eigenvalue weighted by Gasteiger charge is -2.20. The highest BCUT2D eigenvalue weighted by Crippen LogP contribution is 2.33. The van der Waals surface area contributed by atoms with Gasteiger partial charge in [0.2, 0.25) is 5.91 Å². The highest BCUT2D eigenvalue weighted by Gasteiger charge is 2.19. The van der Waals surface area contributed by atoms with E-state index >= 15 is 0 Å². The standard InChI is InChI=1S/C28H35N5O5/c1-17-8-10-29-15-20(17)18-12-19-14-23(33-24(34)9-11-30-25(35)37-27(2,3)4)31-16-21(19)22(13-18)32-26(36)38-28(5,6)7/h8,10,12-16H,9,11H2,1-7H3,(H,30,35)(H,32,36)(H,31,33,34). The summed E-state index contributed by atoms with van der Waals surface area (Å²) in [6, 6.07) is 7.42. The number of benzene rings is 1. The molecule has 0 atom stereocenters. The van der Waals surface area contributed by atoms with E-state index in [2.05, 4.69) is 25.9 Å². The van der Waals surface area contributed by atoms with Crippen LogP contribution in [0.3, 0.4) is 0 Å². The van der Waals surface area contributed by atoms with E-state index in [4.69, 9.17) is 9.47 Å². The van der Waals surface area contributed by atoms with Crippen LogP contribution in [0.5, 0.6) is 0 Å². The van der Waals surface area contributed by atoms with Crippen molar-refractivity contribution in [3.8, 4) is 11.1 Å². The Morgan fingerprint density at radius 2 is 1.58 bits per heavy atom. The van der Waals surface area contributed by atoms with Crippen molar-refractivity contribution in [1.82, 2.24) is 15.3 Å². The van der Waals surface area contributed by atoms with Crippen molar-refractivity contribution in [1.29, 1.82) is 0 Å². The van der Waals surface area contributed by atoms with Crippen LogP contribution in [0.1, 0.15) is 53.5 Å². The number of aromatic nitrogens is 2. The fourth-order valence-electron chi connectivity index (χ4n) is 3.56. The van der Waals surface area contributed by atoms with Crippen molar-refractivity contribution in [2.45, 2.75) is 66.1 Å². The molecular weight excluding hydrogens is 486 g/mol. The average molecular weight is 522 g/mol. The first-order valence-electron chi connectivity index (χ1n) is 12.3. The van der Waals surface area contributed by atoms with Gasteiger partial charge in [-0.05, 0) is 89.2 Å². The van der Waals surface area contributed by atoms with Gasteiger partial charge in [-0.3, -0.25) is 15.1 Å². The number of carbonyl (C=O) groups is 3. The molecule has 3 rings (SSSR count). The molecular formula is C28H35N5O5.